The topological polar surface area (TPSA) is 70.8 Å². The Hall–Kier alpha value is -3.61. The van der Waals surface area contributed by atoms with E-state index in [1.807, 2.05) is 18.2 Å². The van der Waals surface area contributed by atoms with E-state index >= 15 is 0 Å². The second-order valence-corrected chi connectivity index (χ2v) is 6.26. The lowest BCUT2D eigenvalue weighted by molar-refractivity contribution is 0.324. The van der Waals surface area contributed by atoms with Gasteiger partial charge in [-0.25, -0.2) is 4.98 Å². The Balaban J connectivity index is 1.87. The number of fused-ring (bicyclic) bond motifs is 1. The normalized spacial score (nSPS) is 10.9. The summed E-state index contributed by atoms with van der Waals surface area (Å²) in [5, 5.41) is 4.68. The van der Waals surface area contributed by atoms with Crippen molar-refractivity contribution in [2.24, 2.45) is 0 Å². The number of hydrogen-bond donors (Lipinski definition) is 0. The molecule has 0 aliphatic rings. The second-order valence-electron chi connectivity index (χ2n) is 6.26. The first-order chi connectivity index (χ1) is 13.6. The Bertz CT molecular complexity index is 1110. The zero-order valence-corrected chi connectivity index (χ0v) is 16.1. The Morgan fingerprint density at radius 3 is 2.11 bits per heavy atom. The predicted molar refractivity (Wildman–Crippen MR) is 106 cm³/mol. The highest BCUT2D eigenvalue weighted by Gasteiger charge is 2.18. The lowest BCUT2D eigenvalue weighted by Crippen LogP contribution is -1.97. The van der Waals surface area contributed by atoms with Gasteiger partial charge >= 0.3 is 0 Å². The van der Waals surface area contributed by atoms with Crippen molar-refractivity contribution in [2.75, 3.05) is 21.3 Å². The van der Waals surface area contributed by atoms with E-state index in [1.54, 1.807) is 32.0 Å². The number of methoxy groups -OCH3 is 3. The van der Waals surface area contributed by atoms with Crippen molar-refractivity contribution in [1.29, 1.82) is 0 Å². The third-order valence-corrected chi connectivity index (χ3v) is 4.51. The molecule has 2 aromatic heterocycles. The van der Waals surface area contributed by atoms with Crippen molar-refractivity contribution in [3.05, 3.63) is 54.2 Å². The number of benzene rings is 2. The quantitative estimate of drug-likeness (QED) is 0.528. The molecule has 0 saturated carbocycles. The third kappa shape index (κ3) is 3.00. The molecule has 0 aliphatic heterocycles. The van der Waals surface area contributed by atoms with E-state index in [0.717, 1.165) is 16.8 Å². The number of hydrogen-bond acceptors (Lipinski definition) is 6. The van der Waals surface area contributed by atoms with Gasteiger partial charge in [0, 0.05) is 17.3 Å². The molecule has 28 heavy (non-hydrogen) atoms. The maximum absolute atomic E-state index is 5.44. The van der Waals surface area contributed by atoms with Crippen LogP contribution in [0.5, 0.6) is 17.2 Å². The van der Waals surface area contributed by atoms with Crippen LogP contribution in [0.4, 0.5) is 0 Å². The van der Waals surface area contributed by atoms with Gasteiger partial charge in [-0.15, -0.1) is 5.10 Å². The van der Waals surface area contributed by atoms with Crippen LogP contribution in [0.1, 0.15) is 5.56 Å². The van der Waals surface area contributed by atoms with Crippen molar-refractivity contribution < 1.29 is 14.2 Å². The third-order valence-electron chi connectivity index (χ3n) is 4.51. The molecule has 2 heterocycles. The summed E-state index contributed by atoms with van der Waals surface area (Å²) in [5.74, 6) is 2.65. The molecule has 0 atom stereocenters. The van der Waals surface area contributed by atoms with Gasteiger partial charge < -0.3 is 14.2 Å². The zero-order valence-electron chi connectivity index (χ0n) is 16.1. The molecule has 0 spiro atoms. The molecule has 0 unspecified atom stereocenters. The van der Waals surface area contributed by atoms with Crippen molar-refractivity contribution in [3.63, 3.8) is 0 Å². The number of ether oxygens (including phenoxy) is 3. The highest BCUT2D eigenvalue weighted by Crippen LogP contribution is 2.40. The lowest BCUT2D eigenvalue weighted by atomic mass is 10.1. The number of aryl methyl sites for hydroxylation is 1. The SMILES string of the molecule is COc1cc(-c2nc3nccc(-c4ccc(C)cc4)n3n2)cc(OC)c1OC. The Morgan fingerprint density at radius 2 is 1.50 bits per heavy atom. The standard InChI is InChI=1S/C21H20N4O3/c1-13-5-7-14(8-6-13)16-9-10-22-21-23-20(24-25(16)21)15-11-17(26-2)19(28-4)18(12-15)27-3/h5-12H,1-4H3. The molecule has 4 aromatic rings. The van der Waals surface area contributed by atoms with Crippen molar-refractivity contribution in [3.8, 4) is 39.9 Å². The molecule has 2 aromatic carbocycles. The fraction of sp³-hybridized carbons (Fsp3) is 0.190. The molecule has 0 N–H and O–H groups in total. The van der Waals surface area contributed by atoms with E-state index in [1.165, 1.54) is 5.56 Å². The number of nitrogens with zero attached hydrogens (tertiary/aromatic N) is 4. The fourth-order valence-electron chi connectivity index (χ4n) is 3.07. The van der Waals surface area contributed by atoms with E-state index in [2.05, 4.69) is 46.3 Å². The molecule has 0 bridgehead atoms. The first kappa shape index (κ1) is 17.8. The van der Waals surface area contributed by atoms with Crippen molar-refractivity contribution >= 4 is 5.78 Å². The van der Waals surface area contributed by atoms with Crippen LogP contribution in [0, 0.1) is 6.92 Å². The average molecular weight is 376 g/mol. The minimum atomic E-state index is 0.516. The Kier molecular flexibility index (Phi) is 4.57. The van der Waals surface area contributed by atoms with Crippen LogP contribution in [0.15, 0.2) is 48.7 Å². The number of rotatable bonds is 5. The lowest BCUT2D eigenvalue weighted by Gasteiger charge is -2.12. The van der Waals surface area contributed by atoms with Crippen LogP contribution in [0.3, 0.4) is 0 Å². The molecule has 0 saturated heterocycles. The van der Waals surface area contributed by atoms with Gasteiger partial charge in [0.2, 0.25) is 5.75 Å². The molecule has 0 amide bonds. The maximum Gasteiger partial charge on any atom is 0.253 e. The van der Waals surface area contributed by atoms with Gasteiger partial charge in [0.15, 0.2) is 17.3 Å². The van der Waals surface area contributed by atoms with Gasteiger partial charge in [-0.05, 0) is 25.1 Å². The first-order valence-electron chi connectivity index (χ1n) is 8.74. The van der Waals surface area contributed by atoms with Crippen LogP contribution in [0.2, 0.25) is 0 Å². The van der Waals surface area contributed by atoms with E-state index in [-0.39, 0.29) is 0 Å². The summed E-state index contributed by atoms with van der Waals surface area (Å²) >= 11 is 0. The minimum absolute atomic E-state index is 0.516. The summed E-state index contributed by atoms with van der Waals surface area (Å²) in [5.41, 5.74) is 3.90. The molecule has 4 rings (SSSR count). The molecule has 7 nitrogen and oxygen atoms in total. The van der Waals surface area contributed by atoms with Gasteiger partial charge in [0.1, 0.15) is 0 Å². The molecule has 0 radical (unpaired) electrons. The minimum Gasteiger partial charge on any atom is -0.493 e. The fourth-order valence-corrected chi connectivity index (χ4v) is 3.07. The Morgan fingerprint density at radius 1 is 0.821 bits per heavy atom. The Labute approximate surface area is 162 Å². The summed E-state index contributed by atoms with van der Waals surface area (Å²) in [7, 11) is 4.73. The van der Waals surface area contributed by atoms with E-state index in [4.69, 9.17) is 14.2 Å². The smallest absolute Gasteiger partial charge is 0.253 e. The van der Waals surface area contributed by atoms with Crippen molar-refractivity contribution in [2.45, 2.75) is 6.92 Å². The second kappa shape index (κ2) is 7.19. The molecule has 7 heteroatoms. The zero-order chi connectivity index (χ0) is 19.7. The van der Waals surface area contributed by atoms with Crippen LogP contribution in [-0.4, -0.2) is 40.9 Å². The summed E-state index contributed by atoms with van der Waals surface area (Å²) < 4.78 is 18.0. The molecule has 0 fully saturated rings. The van der Waals surface area contributed by atoms with E-state index in [0.29, 0.717) is 28.9 Å². The van der Waals surface area contributed by atoms with Gasteiger partial charge in [-0.2, -0.15) is 9.50 Å². The van der Waals surface area contributed by atoms with Gasteiger partial charge in [-0.3, -0.25) is 0 Å². The van der Waals surface area contributed by atoms with Crippen LogP contribution in [0.25, 0.3) is 28.4 Å². The summed E-state index contributed by atoms with van der Waals surface area (Å²) in [4.78, 5) is 8.93. The maximum atomic E-state index is 5.44. The highest BCUT2D eigenvalue weighted by atomic mass is 16.5. The van der Waals surface area contributed by atoms with Gasteiger partial charge in [0.05, 0.1) is 27.0 Å². The van der Waals surface area contributed by atoms with Crippen LogP contribution < -0.4 is 14.2 Å². The van der Waals surface area contributed by atoms with Crippen molar-refractivity contribution in [1.82, 2.24) is 19.6 Å². The van der Waals surface area contributed by atoms with E-state index < -0.39 is 0 Å². The predicted octanol–water partition coefficient (Wildman–Crippen LogP) is 3.79. The monoisotopic (exact) mass is 376 g/mol. The summed E-state index contributed by atoms with van der Waals surface area (Å²) in [6, 6.07) is 13.8. The molecule has 0 aliphatic carbocycles. The molecular formula is C21H20N4O3. The number of aromatic nitrogens is 4. The largest absolute Gasteiger partial charge is 0.493 e. The van der Waals surface area contributed by atoms with Crippen LogP contribution in [-0.2, 0) is 0 Å². The first-order valence-corrected chi connectivity index (χ1v) is 8.74. The summed E-state index contributed by atoms with van der Waals surface area (Å²) in [6.45, 7) is 2.06. The van der Waals surface area contributed by atoms with Crippen LogP contribution >= 0.6 is 0 Å². The average Bonchev–Trinajstić information content (AvgIpc) is 3.17. The highest BCUT2D eigenvalue weighted by molar-refractivity contribution is 5.68. The summed E-state index contributed by atoms with van der Waals surface area (Å²) in [6.07, 6.45) is 1.73. The molecular weight excluding hydrogens is 356 g/mol. The van der Waals surface area contributed by atoms with Gasteiger partial charge in [0.25, 0.3) is 5.78 Å². The van der Waals surface area contributed by atoms with Gasteiger partial charge in [-0.1, -0.05) is 29.8 Å². The molecule has 142 valence electrons. The van der Waals surface area contributed by atoms with E-state index in [9.17, 15) is 0 Å².